The van der Waals surface area contributed by atoms with Gasteiger partial charge in [0.05, 0.1) is 0 Å². The molecule has 3 N–H and O–H groups in total. The standard InChI is InChI=1S/C17H27N3O/c1-14-8-12-20(13-9-14)11-3-2-10-19-17(21)15-4-6-16(18)7-5-15/h4-7,14H,2-3,8-13,18H2,1H3,(H,19,21). The zero-order valence-electron chi connectivity index (χ0n) is 13.0. The van der Waals surface area contributed by atoms with E-state index in [-0.39, 0.29) is 5.91 Å². The molecule has 0 bridgehead atoms. The summed E-state index contributed by atoms with van der Waals surface area (Å²) < 4.78 is 0. The first-order valence-corrected chi connectivity index (χ1v) is 8.01. The van der Waals surface area contributed by atoms with E-state index < -0.39 is 0 Å². The fraction of sp³-hybridized carbons (Fsp3) is 0.588. The number of rotatable bonds is 6. The Hall–Kier alpha value is -1.55. The van der Waals surface area contributed by atoms with E-state index in [1.807, 2.05) is 0 Å². The molecule has 1 saturated heterocycles. The highest BCUT2D eigenvalue weighted by atomic mass is 16.1. The number of amides is 1. The normalized spacial score (nSPS) is 16.8. The lowest BCUT2D eigenvalue weighted by atomic mass is 9.99. The van der Waals surface area contributed by atoms with Gasteiger partial charge >= 0.3 is 0 Å². The Labute approximate surface area is 127 Å². The number of carbonyl (C=O) groups excluding carboxylic acids is 1. The number of unbranched alkanes of at least 4 members (excludes halogenated alkanes) is 1. The number of anilines is 1. The first-order valence-electron chi connectivity index (χ1n) is 8.01. The minimum absolute atomic E-state index is 0.0122. The van der Waals surface area contributed by atoms with Crippen LogP contribution in [0.5, 0.6) is 0 Å². The van der Waals surface area contributed by atoms with Gasteiger partial charge in [0.1, 0.15) is 0 Å². The third kappa shape index (κ3) is 5.38. The Bertz CT molecular complexity index is 436. The van der Waals surface area contributed by atoms with Crippen LogP contribution in [0.4, 0.5) is 5.69 Å². The number of nitrogen functional groups attached to an aromatic ring is 1. The lowest BCUT2D eigenvalue weighted by Gasteiger charge is -2.30. The van der Waals surface area contributed by atoms with E-state index in [9.17, 15) is 4.79 Å². The molecular weight excluding hydrogens is 262 g/mol. The van der Waals surface area contributed by atoms with E-state index in [1.54, 1.807) is 24.3 Å². The number of nitrogens with one attached hydrogen (secondary N) is 1. The summed E-state index contributed by atoms with van der Waals surface area (Å²) in [4.78, 5) is 14.4. The molecule has 21 heavy (non-hydrogen) atoms. The van der Waals surface area contributed by atoms with Gasteiger partial charge in [-0.05, 0) is 75.5 Å². The fourth-order valence-corrected chi connectivity index (χ4v) is 2.68. The summed E-state index contributed by atoms with van der Waals surface area (Å²) in [5, 5.41) is 2.96. The number of hydrogen-bond donors (Lipinski definition) is 2. The maximum Gasteiger partial charge on any atom is 0.251 e. The average molecular weight is 289 g/mol. The molecule has 2 rings (SSSR count). The predicted octanol–water partition coefficient (Wildman–Crippen LogP) is 2.51. The van der Waals surface area contributed by atoms with Gasteiger partial charge in [0.2, 0.25) is 0 Å². The van der Waals surface area contributed by atoms with Crippen LogP contribution >= 0.6 is 0 Å². The van der Waals surface area contributed by atoms with Gasteiger partial charge in [-0.2, -0.15) is 0 Å². The van der Waals surface area contributed by atoms with E-state index in [1.165, 1.54) is 25.9 Å². The van der Waals surface area contributed by atoms with Crippen LogP contribution in [0.25, 0.3) is 0 Å². The number of likely N-dealkylation sites (tertiary alicyclic amines) is 1. The molecule has 0 saturated carbocycles. The van der Waals surface area contributed by atoms with Crippen molar-refractivity contribution in [3.63, 3.8) is 0 Å². The molecule has 0 atom stereocenters. The van der Waals surface area contributed by atoms with Crippen LogP contribution in [-0.4, -0.2) is 37.0 Å². The van der Waals surface area contributed by atoms with Crippen molar-refractivity contribution in [1.29, 1.82) is 0 Å². The maximum atomic E-state index is 11.9. The molecule has 1 aliphatic heterocycles. The second kappa shape index (κ2) is 8.03. The topological polar surface area (TPSA) is 58.4 Å². The van der Waals surface area contributed by atoms with Gasteiger partial charge in [-0.1, -0.05) is 6.92 Å². The summed E-state index contributed by atoms with van der Waals surface area (Å²) in [6, 6.07) is 7.04. The van der Waals surface area contributed by atoms with Crippen molar-refractivity contribution in [2.45, 2.75) is 32.6 Å². The highest BCUT2D eigenvalue weighted by Crippen LogP contribution is 2.16. The molecule has 4 nitrogen and oxygen atoms in total. The van der Waals surface area contributed by atoms with Gasteiger partial charge in [-0.15, -0.1) is 0 Å². The molecular formula is C17H27N3O. The van der Waals surface area contributed by atoms with Crippen molar-refractivity contribution in [3.05, 3.63) is 29.8 Å². The highest BCUT2D eigenvalue weighted by Gasteiger charge is 2.14. The third-order valence-electron chi connectivity index (χ3n) is 4.24. The third-order valence-corrected chi connectivity index (χ3v) is 4.24. The molecule has 1 aromatic rings. The van der Waals surface area contributed by atoms with Crippen LogP contribution in [0.15, 0.2) is 24.3 Å². The van der Waals surface area contributed by atoms with Gasteiger partial charge in [-0.25, -0.2) is 0 Å². The Morgan fingerprint density at radius 2 is 1.90 bits per heavy atom. The molecule has 0 aliphatic carbocycles. The Morgan fingerprint density at radius 1 is 1.24 bits per heavy atom. The van der Waals surface area contributed by atoms with Crippen molar-refractivity contribution < 1.29 is 4.79 Å². The van der Waals surface area contributed by atoms with Crippen LogP contribution in [0.3, 0.4) is 0 Å². The largest absolute Gasteiger partial charge is 0.399 e. The molecule has 1 fully saturated rings. The summed E-state index contributed by atoms with van der Waals surface area (Å²) in [7, 11) is 0. The van der Waals surface area contributed by atoms with E-state index >= 15 is 0 Å². The van der Waals surface area contributed by atoms with Gasteiger partial charge in [0.25, 0.3) is 5.91 Å². The number of hydrogen-bond acceptors (Lipinski definition) is 3. The van der Waals surface area contributed by atoms with E-state index in [4.69, 9.17) is 5.73 Å². The molecule has 0 radical (unpaired) electrons. The average Bonchev–Trinajstić information content (AvgIpc) is 2.49. The Morgan fingerprint density at radius 3 is 2.57 bits per heavy atom. The smallest absolute Gasteiger partial charge is 0.251 e. The van der Waals surface area contributed by atoms with Crippen LogP contribution in [0.1, 0.15) is 43.0 Å². The van der Waals surface area contributed by atoms with Gasteiger partial charge in [-0.3, -0.25) is 4.79 Å². The summed E-state index contributed by atoms with van der Waals surface area (Å²) in [5.74, 6) is 0.877. The minimum Gasteiger partial charge on any atom is -0.399 e. The molecule has 0 unspecified atom stereocenters. The van der Waals surface area contributed by atoms with Crippen molar-refractivity contribution in [1.82, 2.24) is 10.2 Å². The molecule has 1 amide bonds. The maximum absolute atomic E-state index is 11.9. The monoisotopic (exact) mass is 289 g/mol. The van der Waals surface area contributed by atoms with Gasteiger partial charge in [0.15, 0.2) is 0 Å². The fourth-order valence-electron chi connectivity index (χ4n) is 2.68. The first-order chi connectivity index (χ1) is 10.1. The number of nitrogens with zero attached hydrogens (tertiary/aromatic N) is 1. The summed E-state index contributed by atoms with van der Waals surface area (Å²) in [6.07, 6.45) is 4.84. The quantitative estimate of drug-likeness (QED) is 0.625. The predicted molar refractivity (Wildman–Crippen MR) is 87.3 cm³/mol. The number of carbonyl (C=O) groups is 1. The first kappa shape index (κ1) is 15.8. The van der Waals surface area contributed by atoms with Crippen molar-refractivity contribution in [2.75, 3.05) is 31.9 Å². The zero-order chi connectivity index (χ0) is 15.1. The van der Waals surface area contributed by atoms with Crippen LogP contribution in [-0.2, 0) is 0 Å². The molecule has 116 valence electrons. The van der Waals surface area contributed by atoms with E-state index in [0.29, 0.717) is 11.3 Å². The lowest BCUT2D eigenvalue weighted by molar-refractivity contribution is 0.0952. The van der Waals surface area contributed by atoms with E-state index in [0.717, 1.165) is 31.8 Å². The van der Waals surface area contributed by atoms with Crippen LogP contribution in [0, 0.1) is 5.92 Å². The zero-order valence-corrected chi connectivity index (χ0v) is 13.0. The van der Waals surface area contributed by atoms with E-state index in [2.05, 4.69) is 17.1 Å². The number of nitrogens with two attached hydrogens (primary N) is 1. The van der Waals surface area contributed by atoms with Crippen molar-refractivity contribution >= 4 is 11.6 Å². The minimum atomic E-state index is -0.0122. The second-order valence-electron chi connectivity index (χ2n) is 6.11. The number of piperidine rings is 1. The van der Waals surface area contributed by atoms with Crippen LogP contribution < -0.4 is 11.1 Å². The lowest BCUT2D eigenvalue weighted by Crippen LogP contribution is -2.34. The highest BCUT2D eigenvalue weighted by molar-refractivity contribution is 5.94. The second-order valence-corrected chi connectivity index (χ2v) is 6.11. The molecule has 0 spiro atoms. The molecule has 1 aliphatic rings. The number of benzene rings is 1. The SMILES string of the molecule is CC1CCN(CCCCNC(=O)c2ccc(N)cc2)CC1. The Kier molecular flexibility index (Phi) is 6.05. The van der Waals surface area contributed by atoms with Crippen molar-refractivity contribution in [2.24, 2.45) is 5.92 Å². The summed E-state index contributed by atoms with van der Waals surface area (Å²) in [5.41, 5.74) is 6.97. The molecule has 1 aromatic carbocycles. The van der Waals surface area contributed by atoms with Gasteiger partial charge in [0, 0.05) is 17.8 Å². The summed E-state index contributed by atoms with van der Waals surface area (Å²) in [6.45, 7) is 6.71. The van der Waals surface area contributed by atoms with Crippen molar-refractivity contribution in [3.8, 4) is 0 Å². The Balaban J connectivity index is 1.57. The molecule has 4 heteroatoms. The summed E-state index contributed by atoms with van der Waals surface area (Å²) >= 11 is 0. The molecule has 1 heterocycles. The van der Waals surface area contributed by atoms with Crippen LogP contribution in [0.2, 0.25) is 0 Å². The molecule has 0 aromatic heterocycles. The van der Waals surface area contributed by atoms with Gasteiger partial charge < -0.3 is 16.0 Å².